The Morgan fingerprint density at radius 1 is 1.08 bits per heavy atom. The molecule has 0 amide bonds. The van der Waals surface area contributed by atoms with Gasteiger partial charge in [-0.15, -0.1) is 11.3 Å². The third kappa shape index (κ3) is 3.98. The highest BCUT2D eigenvalue weighted by molar-refractivity contribution is 7.21. The predicted octanol–water partition coefficient (Wildman–Crippen LogP) is 6.01. The van der Waals surface area contributed by atoms with Crippen molar-refractivity contribution in [2.45, 2.75) is 5.92 Å². The molecule has 9 heteroatoms. The zero-order valence-electron chi connectivity index (χ0n) is 19.2. The summed E-state index contributed by atoms with van der Waals surface area (Å²) >= 11 is 7.69. The lowest BCUT2D eigenvalue weighted by Crippen LogP contribution is -2.21. The van der Waals surface area contributed by atoms with Gasteiger partial charge in [0.2, 0.25) is 5.88 Å². The van der Waals surface area contributed by atoms with E-state index in [2.05, 4.69) is 6.07 Å². The predicted molar refractivity (Wildman–Crippen MR) is 137 cm³/mol. The maximum atomic E-state index is 12.9. The molecule has 0 fully saturated rings. The summed E-state index contributed by atoms with van der Waals surface area (Å²) in [4.78, 5) is 13.2. The summed E-state index contributed by atoms with van der Waals surface area (Å²) in [6.07, 6.45) is 0. The Balaban J connectivity index is 1.50. The van der Waals surface area contributed by atoms with Crippen LogP contribution in [0.1, 0.15) is 26.7 Å². The molecule has 0 aliphatic carbocycles. The number of halogens is 1. The molecule has 0 saturated heterocycles. The van der Waals surface area contributed by atoms with Gasteiger partial charge in [0.05, 0.1) is 25.2 Å². The molecule has 36 heavy (non-hydrogen) atoms. The molecule has 7 nitrogen and oxygen atoms in total. The molecule has 1 atom stereocenters. The van der Waals surface area contributed by atoms with Gasteiger partial charge < -0.3 is 24.7 Å². The second kappa shape index (κ2) is 9.46. The molecule has 0 bridgehead atoms. The van der Waals surface area contributed by atoms with Crippen LogP contribution >= 0.6 is 22.9 Å². The van der Waals surface area contributed by atoms with Crippen molar-refractivity contribution in [2.75, 3.05) is 14.2 Å². The molecule has 2 N–H and O–H groups in total. The van der Waals surface area contributed by atoms with Gasteiger partial charge in [-0.2, -0.15) is 5.26 Å². The molecular formula is C27H19ClN2O5S. The fourth-order valence-corrected chi connectivity index (χ4v) is 5.56. The van der Waals surface area contributed by atoms with Crippen LogP contribution in [-0.4, -0.2) is 20.2 Å². The molecule has 5 rings (SSSR count). The molecule has 0 spiro atoms. The summed E-state index contributed by atoms with van der Waals surface area (Å²) in [5.74, 6) is 0.595. The largest absolute Gasteiger partial charge is 0.493 e. The molecule has 2 heterocycles. The maximum Gasteiger partial charge on any atom is 0.355 e. The fourth-order valence-electron chi connectivity index (χ4n) is 4.17. The van der Waals surface area contributed by atoms with Crippen LogP contribution in [0.3, 0.4) is 0 Å². The number of esters is 1. The Labute approximate surface area is 215 Å². The van der Waals surface area contributed by atoms with Crippen LogP contribution < -0.4 is 24.7 Å². The number of allylic oxidation sites excluding steroid dienone is 1. The Bertz CT molecular complexity index is 1590. The van der Waals surface area contributed by atoms with E-state index in [1.54, 1.807) is 44.6 Å². The number of carbonyl (C=O) groups excluding carboxylic acids is 1. The van der Waals surface area contributed by atoms with E-state index in [0.717, 1.165) is 15.6 Å². The average Bonchev–Trinajstić information content (AvgIpc) is 3.24. The van der Waals surface area contributed by atoms with Gasteiger partial charge >= 0.3 is 5.97 Å². The number of hydrogen-bond acceptors (Lipinski definition) is 8. The first kappa shape index (κ1) is 23.5. The van der Waals surface area contributed by atoms with Crippen molar-refractivity contribution in [2.24, 2.45) is 5.73 Å². The second-order valence-corrected chi connectivity index (χ2v) is 9.30. The standard InChI is InChI=1S/C27H19ClN2O5S/c1-32-19-10-7-14(11-21(19)33-2)23-16-9-8-15(12-20(16)35-26(30)18(23)13-29)34-27(31)25-24(28)17-5-3-4-6-22(17)36-25/h3-12,23H,30H2,1-2H3. The van der Waals surface area contributed by atoms with E-state index in [1.807, 2.05) is 30.3 Å². The molecule has 1 aliphatic heterocycles. The van der Waals surface area contributed by atoms with Crippen molar-refractivity contribution < 1.29 is 23.7 Å². The van der Waals surface area contributed by atoms with E-state index in [4.69, 9.17) is 36.3 Å². The number of hydrogen-bond donors (Lipinski definition) is 1. The van der Waals surface area contributed by atoms with Crippen LogP contribution in [0.15, 0.2) is 72.1 Å². The lowest BCUT2D eigenvalue weighted by molar-refractivity contribution is 0.0740. The molecule has 0 saturated carbocycles. The van der Waals surface area contributed by atoms with E-state index in [1.165, 1.54) is 11.3 Å². The average molecular weight is 519 g/mol. The van der Waals surface area contributed by atoms with E-state index in [-0.39, 0.29) is 17.2 Å². The topological polar surface area (TPSA) is 104 Å². The normalized spacial score (nSPS) is 14.6. The highest BCUT2D eigenvalue weighted by atomic mass is 35.5. The van der Waals surface area contributed by atoms with E-state index in [0.29, 0.717) is 32.7 Å². The number of methoxy groups -OCH3 is 2. The Morgan fingerprint density at radius 3 is 2.58 bits per heavy atom. The summed E-state index contributed by atoms with van der Waals surface area (Å²) in [6.45, 7) is 0. The Kier molecular flexibility index (Phi) is 6.18. The molecule has 1 aromatic heterocycles. The van der Waals surface area contributed by atoms with Crippen molar-refractivity contribution in [1.82, 2.24) is 0 Å². The molecule has 1 unspecified atom stereocenters. The second-order valence-electron chi connectivity index (χ2n) is 7.87. The van der Waals surface area contributed by atoms with Crippen LogP contribution in [0.2, 0.25) is 5.02 Å². The van der Waals surface area contributed by atoms with Gasteiger partial charge in [-0.3, -0.25) is 0 Å². The molecule has 180 valence electrons. The summed E-state index contributed by atoms with van der Waals surface area (Å²) in [5, 5.41) is 11.0. The van der Waals surface area contributed by atoms with Crippen LogP contribution in [0.5, 0.6) is 23.0 Å². The molecule has 4 aromatic rings. The zero-order valence-corrected chi connectivity index (χ0v) is 20.8. The third-order valence-corrected chi connectivity index (χ3v) is 7.52. The minimum Gasteiger partial charge on any atom is -0.493 e. The lowest BCUT2D eigenvalue weighted by Gasteiger charge is -2.27. The molecule has 1 aliphatic rings. The number of nitriles is 1. The van der Waals surface area contributed by atoms with Crippen molar-refractivity contribution in [3.05, 3.63) is 93.1 Å². The van der Waals surface area contributed by atoms with Gasteiger partial charge in [0, 0.05) is 21.7 Å². The van der Waals surface area contributed by atoms with Crippen LogP contribution in [0, 0.1) is 11.3 Å². The lowest BCUT2D eigenvalue weighted by atomic mass is 9.83. The molecule has 0 radical (unpaired) electrons. The fraction of sp³-hybridized carbons (Fsp3) is 0.111. The van der Waals surface area contributed by atoms with Gasteiger partial charge in [-0.05, 0) is 29.8 Å². The van der Waals surface area contributed by atoms with Gasteiger partial charge in [0.1, 0.15) is 28.0 Å². The van der Waals surface area contributed by atoms with Crippen molar-refractivity contribution in [3.63, 3.8) is 0 Å². The Hall–Kier alpha value is -4.19. The minimum absolute atomic E-state index is 0.0270. The van der Waals surface area contributed by atoms with Crippen molar-refractivity contribution in [3.8, 4) is 29.1 Å². The number of carbonyl (C=O) groups is 1. The van der Waals surface area contributed by atoms with Crippen LogP contribution in [0.4, 0.5) is 0 Å². The first-order chi connectivity index (χ1) is 17.4. The van der Waals surface area contributed by atoms with Gasteiger partial charge in [0.15, 0.2) is 11.5 Å². The summed E-state index contributed by atoms with van der Waals surface area (Å²) in [7, 11) is 3.09. The quantitative estimate of drug-likeness (QED) is 0.255. The van der Waals surface area contributed by atoms with E-state index in [9.17, 15) is 10.1 Å². The number of fused-ring (bicyclic) bond motifs is 2. The number of nitrogens with two attached hydrogens (primary N) is 1. The van der Waals surface area contributed by atoms with Gasteiger partial charge in [-0.1, -0.05) is 41.9 Å². The first-order valence-corrected chi connectivity index (χ1v) is 12.0. The number of nitrogens with zero attached hydrogens (tertiary/aromatic N) is 1. The smallest absolute Gasteiger partial charge is 0.355 e. The van der Waals surface area contributed by atoms with Crippen molar-refractivity contribution >= 4 is 39.0 Å². The summed E-state index contributed by atoms with van der Waals surface area (Å²) < 4.78 is 23.0. The zero-order chi connectivity index (χ0) is 25.4. The van der Waals surface area contributed by atoms with Gasteiger partial charge in [0.25, 0.3) is 0 Å². The number of ether oxygens (including phenoxy) is 4. The van der Waals surface area contributed by atoms with Crippen molar-refractivity contribution in [1.29, 1.82) is 5.26 Å². The Morgan fingerprint density at radius 2 is 1.86 bits per heavy atom. The van der Waals surface area contributed by atoms with E-state index < -0.39 is 11.9 Å². The van der Waals surface area contributed by atoms with Crippen LogP contribution in [0.25, 0.3) is 10.1 Å². The molecule has 3 aromatic carbocycles. The highest BCUT2D eigenvalue weighted by Crippen LogP contribution is 2.45. The third-order valence-electron chi connectivity index (χ3n) is 5.86. The number of benzene rings is 3. The first-order valence-electron chi connectivity index (χ1n) is 10.8. The maximum absolute atomic E-state index is 12.9. The van der Waals surface area contributed by atoms with Crippen LogP contribution in [-0.2, 0) is 0 Å². The minimum atomic E-state index is -0.574. The van der Waals surface area contributed by atoms with Gasteiger partial charge in [-0.25, -0.2) is 4.79 Å². The SMILES string of the molecule is COc1ccc(C2C(C#N)=C(N)Oc3cc(OC(=O)c4sc5ccccc5c4Cl)ccc32)cc1OC. The summed E-state index contributed by atoms with van der Waals surface area (Å²) in [5.41, 5.74) is 7.83. The molecular weight excluding hydrogens is 500 g/mol. The summed E-state index contributed by atoms with van der Waals surface area (Å²) in [6, 6.07) is 20.0. The number of thiophene rings is 1. The van der Waals surface area contributed by atoms with E-state index >= 15 is 0 Å². The number of rotatable bonds is 5. The highest BCUT2D eigenvalue weighted by Gasteiger charge is 2.32. The monoisotopic (exact) mass is 518 g/mol.